The van der Waals surface area contributed by atoms with Crippen molar-refractivity contribution in [2.24, 2.45) is 11.6 Å². The Morgan fingerprint density at radius 1 is 1.36 bits per heavy atom. The summed E-state index contributed by atoms with van der Waals surface area (Å²) in [5, 5.41) is 1.65. The maximum absolute atomic E-state index is 5.87. The van der Waals surface area contributed by atoms with Crippen molar-refractivity contribution in [1.82, 2.24) is 0 Å². The first-order valence-corrected chi connectivity index (χ1v) is 4.68. The normalized spacial score (nSPS) is 10.6. The quantitative estimate of drug-likeness (QED) is 0.378. The highest BCUT2D eigenvalue weighted by atomic mass is 15.4. The van der Waals surface area contributed by atoms with E-state index in [-0.39, 0.29) is 6.04 Å². The third-order valence-electron chi connectivity index (χ3n) is 2.17. The second kappa shape index (κ2) is 4.30. The highest BCUT2D eigenvalue weighted by Gasteiger charge is 2.09. The van der Waals surface area contributed by atoms with E-state index in [9.17, 15) is 0 Å². The monoisotopic (exact) mass is 194 g/mol. The molecule has 0 bridgehead atoms. The fraction of sp³-hybridized carbons (Fsp3) is 0.400. The van der Waals surface area contributed by atoms with Crippen LogP contribution in [0.25, 0.3) is 0 Å². The second-order valence-corrected chi connectivity index (χ2v) is 3.60. The van der Waals surface area contributed by atoms with Crippen LogP contribution in [-0.2, 0) is 6.54 Å². The van der Waals surface area contributed by atoms with Crippen LogP contribution in [0, 0.1) is 0 Å². The highest BCUT2D eigenvalue weighted by molar-refractivity contribution is 5.68. The Balaban J connectivity index is 3.05. The van der Waals surface area contributed by atoms with Crippen LogP contribution in [-0.4, -0.2) is 6.04 Å². The molecule has 78 valence electrons. The molecule has 0 saturated heterocycles. The predicted molar refractivity (Wildman–Crippen MR) is 60.5 cm³/mol. The molecule has 0 saturated carbocycles. The van der Waals surface area contributed by atoms with Gasteiger partial charge in [0.05, 0.1) is 11.4 Å². The zero-order valence-corrected chi connectivity index (χ0v) is 8.70. The van der Waals surface area contributed by atoms with Gasteiger partial charge in [0, 0.05) is 12.6 Å². The van der Waals surface area contributed by atoms with E-state index in [4.69, 9.17) is 17.3 Å². The Morgan fingerprint density at radius 2 is 2.00 bits per heavy atom. The maximum atomic E-state index is 5.87. The molecule has 6 N–H and O–H groups in total. The van der Waals surface area contributed by atoms with Gasteiger partial charge in [-0.2, -0.15) is 0 Å². The fourth-order valence-corrected chi connectivity index (χ4v) is 1.22. The van der Waals surface area contributed by atoms with Gasteiger partial charge in [-0.1, -0.05) is 6.07 Å². The van der Waals surface area contributed by atoms with Crippen molar-refractivity contribution in [3.8, 4) is 0 Å². The maximum Gasteiger partial charge on any atom is 0.0752 e. The van der Waals surface area contributed by atoms with E-state index in [0.29, 0.717) is 12.2 Å². The van der Waals surface area contributed by atoms with Crippen LogP contribution in [0.15, 0.2) is 18.2 Å². The van der Waals surface area contributed by atoms with Gasteiger partial charge in [0.25, 0.3) is 0 Å². The molecule has 1 aromatic rings. The van der Waals surface area contributed by atoms with E-state index in [1.54, 1.807) is 5.01 Å². The summed E-state index contributed by atoms with van der Waals surface area (Å²) in [6.07, 6.45) is 0. The molecule has 0 amide bonds. The summed E-state index contributed by atoms with van der Waals surface area (Å²) in [5.74, 6) is 5.87. The summed E-state index contributed by atoms with van der Waals surface area (Å²) in [6, 6.07) is 5.88. The molecule has 4 nitrogen and oxygen atoms in total. The number of hydrogen-bond donors (Lipinski definition) is 3. The molecule has 0 unspecified atom stereocenters. The van der Waals surface area contributed by atoms with E-state index in [1.807, 2.05) is 32.0 Å². The van der Waals surface area contributed by atoms with Gasteiger partial charge in [0.15, 0.2) is 0 Å². The average molecular weight is 194 g/mol. The summed E-state index contributed by atoms with van der Waals surface area (Å²) in [4.78, 5) is 0. The third kappa shape index (κ3) is 2.16. The minimum atomic E-state index is 0.213. The molecule has 0 heterocycles. The van der Waals surface area contributed by atoms with Crippen molar-refractivity contribution < 1.29 is 0 Å². The van der Waals surface area contributed by atoms with Crippen LogP contribution in [0.3, 0.4) is 0 Å². The predicted octanol–water partition coefficient (Wildman–Crippen LogP) is 0.816. The van der Waals surface area contributed by atoms with Gasteiger partial charge in [-0.05, 0) is 31.5 Å². The molecule has 0 aliphatic heterocycles. The number of rotatable bonds is 3. The number of nitrogens with two attached hydrogens (primary N) is 3. The van der Waals surface area contributed by atoms with Gasteiger partial charge in [0.1, 0.15) is 0 Å². The molecule has 0 aliphatic rings. The van der Waals surface area contributed by atoms with Gasteiger partial charge >= 0.3 is 0 Å². The van der Waals surface area contributed by atoms with Crippen LogP contribution >= 0.6 is 0 Å². The first kappa shape index (κ1) is 10.8. The second-order valence-electron chi connectivity index (χ2n) is 3.60. The van der Waals surface area contributed by atoms with Gasteiger partial charge < -0.3 is 16.5 Å². The van der Waals surface area contributed by atoms with Crippen molar-refractivity contribution in [2.75, 3.05) is 10.7 Å². The van der Waals surface area contributed by atoms with E-state index in [1.165, 1.54) is 0 Å². The van der Waals surface area contributed by atoms with E-state index < -0.39 is 0 Å². The van der Waals surface area contributed by atoms with Crippen LogP contribution in [0.5, 0.6) is 0 Å². The Morgan fingerprint density at radius 3 is 2.50 bits per heavy atom. The number of benzene rings is 1. The molecule has 1 aromatic carbocycles. The zero-order chi connectivity index (χ0) is 10.7. The van der Waals surface area contributed by atoms with E-state index >= 15 is 0 Å². The minimum absolute atomic E-state index is 0.213. The highest BCUT2D eigenvalue weighted by Crippen LogP contribution is 2.23. The van der Waals surface area contributed by atoms with Crippen molar-refractivity contribution in [3.63, 3.8) is 0 Å². The summed E-state index contributed by atoms with van der Waals surface area (Å²) in [7, 11) is 0. The molecule has 0 radical (unpaired) electrons. The van der Waals surface area contributed by atoms with Crippen molar-refractivity contribution in [1.29, 1.82) is 0 Å². The Hall–Kier alpha value is -1.26. The lowest BCUT2D eigenvalue weighted by Gasteiger charge is -2.24. The van der Waals surface area contributed by atoms with Crippen LogP contribution in [0.4, 0.5) is 11.4 Å². The van der Waals surface area contributed by atoms with Crippen LogP contribution in [0.2, 0.25) is 0 Å². The van der Waals surface area contributed by atoms with Crippen molar-refractivity contribution in [3.05, 3.63) is 23.8 Å². The summed E-state index contributed by atoms with van der Waals surface area (Å²) in [6.45, 7) is 4.52. The summed E-state index contributed by atoms with van der Waals surface area (Å²) < 4.78 is 0. The molecule has 0 atom stereocenters. The fourth-order valence-electron chi connectivity index (χ4n) is 1.22. The van der Waals surface area contributed by atoms with E-state index in [0.717, 1.165) is 11.3 Å². The summed E-state index contributed by atoms with van der Waals surface area (Å²) in [5.41, 5.74) is 13.9. The molecule has 0 aromatic heterocycles. The molecule has 0 fully saturated rings. The van der Waals surface area contributed by atoms with Crippen LogP contribution < -0.4 is 22.3 Å². The van der Waals surface area contributed by atoms with Crippen molar-refractivity contribution >= 4 is 11.4 Å². The number of nitrogen functional groups attached to an aromatic ring is 1. The molecule has 0 spiro atoms. The molecule has 1 rings (SSSR count). The summed E-state index contributed by atoms with van der Waals surface area (Å²) >= 11 is 0. The minimum Gasteiger partial charge on any atom is -0.397 e. The lowest BCUT2D eigenvalue weighted by atomic mass is 10.1. The lowest BCUT2D eigenvalue weighted by Crippen LogP contribution is -2.38. The van der Waals surface area contributed by atoms with Gasteiger partial charge in [-0.3, -0.25) is 0 Å². The number of hydrazine groups is 1. The smallest absolute Gasteiger partial charge is 0.0752 e. The molecule has 4 heteroatoms. The van der Waals surface area contributed by atoms with Gasteiger partial charge in [-0.25, -0.2) is 5.84 Å². The van der Waals surface area contributed by atoms with Crippen molar-refractivity contribution in [2.45, 2.75) is 26.4 Å². The topological polar surface area (TPSA) is 81.3 Å². The standard InChI is InChI=1S/C10H18N4/c1-7(2)14(13)10-5-8(6-11)3-4-9(10)12/h3-5,7H,6,11-13H2,1-2H3. The van der Waals surface area contributed by atoms with Crippen LogP contribution in [0.1, 0.15) is 19.4 Å². The zero-order valence-electron chi connectivity index (χ0n) is 8.70. The van der Waals surface area contributed by atoms with Gasteiger partial charge in [0.2, 0.25) is 0 Å². The lowest BCUT2D eigenvalue weighted by molar-refractivity contribution is 0.712. The first-order chi connectivity index (χ1) is 6.56. The van der Waals surface area contributed by atoms with Gasteiger partial charge in [-0.15, -0.1) is 0 Å². The van der Waals surface area contributed by atoms with E-state index in [2.05, 4.69) is 0 Å². The Labute approximate surface area is 84.6 Å². The Bertz CT molecular complexity index is 309. The largest absolute Gasteiger partial charge is 0.397 e. The Kier molecular flexibility index (Phi) is 3.33. The first-order valence-electron chi connectivity index (χ1n) is 4.68. The molecular formula is C10H18N4. The molecule has 14 heavy (non-hydrogen) atoms. The third-order valence-corrected chi connectivity index (χ3v) is 2.17. The average Bonchev–Trinajstić information content (AvgIpc) is 2.17. The SMILES string of the molecule is CC(C)N(N)c1cc(CN)ccc1N. The number of nitrogens with zero attached hydrogens (tertiary/aromatic N) is 1. The number of anilines is 2. The number of hydrogen-bond acceptors (Lipinski definition) is 4. The molecule has 0 aliphatic carbocycles. The molecular weight excluding hydrogens is 176 g/mol.